The Morgan fingerprint density at radius 3 is 2.57 bits per heavy atom. The average molecular weight is 443 g/mol. The van der Waals surface area contributed by atoms with Gasteiger partial charge in [0.1, 0.15) is 9.88 Å². The van der Waals surface area contributed by atoms with Crippen LogP contribution in [-0.2, 0) is 16.6 Å². The molecule has 156 valence electrons. The molecule has 1 fully saturated rings. The molecule has 3 heterocycles. The molecule has 0 spiro atoms. The van der Waals surface area contributed by atoms with Gasteiger partial charge in [0.05, 0.1) is 10.6 Å². The molecule has 3 aromatic rings. The van der Waals surface area contributed by atoms with E-state index < -0.39 is 10.0 Å². The van der Waals surface area contributed by atoms with E-state index in [4.69, 9.17) is 0 Å². The monoisotopic (exact) mass is 442 g/mol. The lowest BCUT2D eigenvalue weighted by atomic mass is 10.2. The molecule has 1 amide bonds. The van der Waals surface area contributed by atoms with E-state index in [0.29, 0.717) is 35.1 Å². The number of hydrogen-bond donors (Lipinski definition) is 1. The Labute approximate surface area is 179 Å². The van der Waals surface area contributed by atoms with Crippen LogP contribution in [-0.4, -0.2) is 41.7 Å². The molecule has 0 atom stereocenters. The van der Waals surface area contributed by atoms with Gasteiger partial charge in [-0.1, -0.05) is 12.1 Å². The van der Waals surface area contributed by atoms with Crippen molar-refractivity contribution in [1.29, 1.82) is 0 Å². The second-order valence-corrected chi connectivity index (χ2v) is 10.1. The minimum atomic E-state index is -3.42. The lowest BCUT2D eigenvalue weighted by Gasteiger charge is -2.15. The summed E-state index contributed by atoms with van der Waals surface area (Å²) < 4.78 is 26.7. The molecule has 1 saturated heterocycles. The van der Waals surface area contributed by atoms with Crippen molar-refractivity contribution in [2.75, 3.05) is 13.1 Å². The molecule has 0 unspecified atom stereocenters. The van der Waals surface area contributed by atoms with Crippen molar-refractivity contribution in [3.05, 3.63) is 64.9 Å². The number of pyridine rings is 1. The fourth-order valence-corrected chi connectivity index (χ4v) is 5.83. The number of hydrogen-bond acceptors (Lipinski definition) is 6. The summed E-state index contributed by atoms with van der Waals surface area (Å²) in [6.45, 7) is 3.27. The number of benzene rings is 1. The first-order valence-corrected chi connectivity index (χ1v) is 12.0. The Balaban J connectivity index is 1.41. The van der Waals surface area contributed by atoms with Crippen LogP contribution in [0.5, 0.6) is 0 Å². The summed E-state index contributed by atoms with van der Waals surface area (Å²) in [4.78, 5) is 22.0. The van der Waals surface area contributed by atoms with Crippen LogP contribution in [0.3, 0.4) is 0 Å². The predicted octanol–water partition coefficient (Wildman–Crippen LogP) is 3.23. The molecule has 1 aliphatic heterocycles. The maximum absolute atomic E-state index is 12.6. The van der Waals surface area contributed by atoms with Crippen LogP contribution in [0.25, 0.3) is 10.6 Å². The highest BCUT2D eigenvalue weighted by Crippen LogP contribution is 2.27. The molecule has 0 bridgehead atoms. The number of carbonyl (C=O) groups is 1. The van der Waals surface area contributed by atoms with E-state index in [2.05, 4.69) is 15.3 Å². The van der Waals surface area contributed by atoms with Gasteiger partial charge in [-0.2, -0.15) is 4.31 Å². The van der Waals surface area contributed by atoms with Gasteiger partial charge in [0.2, 0.25) is 10.0 Å². The Morgan fingerprint density at radius 2 is 1.90 bits per heavy atom. The van der Waals surface area contributed by atoms with E-state index in [9.17, 15) is 13.2 Å². The molecule has 30 heavy (non-hydrogen) atoms. The normalized spacial score (nSPS) is 14.7. The molecule has 1 N–H and O–H groups in total. The SMILES string of the molecule is Cc1nc(-c2cccnc2)sc1C(=O)NCc1ccc(S(=O)(=O)N2CCCC2)cc1. The highest BCUT2D eigenvalue weighted by atomic mass is 32.2. The number of nitrogens with zero attached hydrogens (tertiary/aromatic N) is 3. The van der Waals surface area contributed by atoms with Crippen molar-refractivity contribution in [3.8, 4) is 10.6 Å². The third-order valence-electron chi connectivity index (χ3n) is 4.99. The van der Waals surface area contributed by atoms with Crippen molar-refractivity contribution < 1.29 is 13.2 Å². The van der Waals surface area contributed by atoms with Crippen molar-refractivity contribution in [2.24, 2.45) is 0 Å². The van der Waals surface area contributed by atoms with E-state index in [1.165, 1.54) is 15.6 Å². The predicted molar refractivity (Wildman–Crippen MR) is 116 cm³/mol. The standard InChI is InChI=1S/C21H22N4O3S2/c1-15-19(29-21(24-15)17-5-4-10-22-14-17)20(26)23-13-16-6-8-18(9-7-16)30(27,28)25-11-2-3-12-25/h4-10,14H,2-3,11-13H2,1H3,(H,23,26). The summed E-state index contributed by atoms with van der Waals surface area (Å²) in [5.74, 6) is -0.200. The van der Waals surface area contributed by atoms with Crippen molar-refractivity contribution in [1.82, 2.24) is 19.6 Å². The van der Waals surface area contributed by atoms with Crippen molar-refractivity contribution in [2.45, 2.75) is 31.2 Å². The van der Waals surface area contributed by atoms with E-state index in [-0.39, 0.29) is 5.91 Å². The minimum absolute atomic E-state index is 0.200. The first-order valence-electron chi connectivity index (χ1n) is 9.70. The first-order chi connectivity index (χ1) is 14.4. The summed E-state index contributed by atoms with van der Waals surface area (Å²) in [7, 11) is -3.42. The smallest absolute Gasteiger partial charge is 0.263 e. The van der Waals surface area contributed by atoms with Gasteiger partial charge in [-0.15, -0.1) is 11.3 Å². The van der Waals surface area contributed by atoms with Gasteiger partial charge < -0.3 is 5.32 Å². The average Bonchev–Trinajstić information content (AvgIpc) is 3.43. The number of sulfonamides is 1. The van der Waals surface area contributed by atoms with E-state index in [1.807, 2.05) is 19.1 Å². The van der Waals surface area contributed by atoms with Crippen LogP contribution >= 0.6 is 11.3 Å². The fourth-order valence-electron chi connectivity index (χ4n) is 3.34. The van der Waals surface area contributed by atoms with Gasteiger partial charge >= 0.3 is 0 Å². The molecule has 7 nitrogen and oxygen atoms in total. The summed E-state index contributed by atoms with van der Waals surface area (Å²) in [6.07, 6.45) is 5.22. The van der Waals surface area contributed by atoms with Gasteiger partial charge in [-0.05, 0) is 49.6 Å². The van der Waals surface area contributed by atoms with E-state index in [1.54, 1.807) is 36.7 Å². The summed E-state index contributed by atoms with van der Waals surface area (Å²) in [6, 6.07) is 10.4. The van der Waals surface area contributed by atoms with Crippen LogP contribution in [0.15, 0.2) is 53.7 Å². The lowest BCUT2D eigenvalue weighted by molar-refractivity contribution is 0.0954. The Bertz CT molecular complexity index is 1140. The zero-order valence-corrected chi connectivity index (χ0v) is 18.2. The molecule has 0 saturated carbocycles. The van der Waals surface area contributed by atoms with Gasteiger partial charge in [0, 0.05) is 37.6 Å². The number of amides is 1. The number of rotatable bonds is 6. The van der Waals surface area contributed by atoms with Crippen LogP contribution in [0, 0.1) is 6.92 Å². The number of aromatic nitrogens is 2. The molecule has 1 aromatic carbocycles. The third-order valence-corrected chi connectivity index (χ3v) is 8.11. The number of aryl methyl sites for hydroxylation is 1. The van der Waals surface area contributed by atoms with Gasteiger partial charge in [-0.3, -0.25) is 9.78 Å². The number of thiazole rings is 1. The molecular formula is C21H22N4O3S2. The van der Waals surface area contributed by atoms with Crippen molar-refractivity contribution >= 4 is 27.3 Å². The quantitative estimate of drug-likeness (QED) is 0.633. The third kappa shape index (κ3) is 4.28. The highest BCUT2D eigenvalue weighted by Gasteiger charge is 2.26. The number of nitrogens with one attached hydrogen (secondary N) is 1. The van der Waals surface area contributed by atoms with E-state index in [0.717, 1.165) is 29.0 Å². The molecule has 0 aliphatic carbocycles. The highest BCUT2D eigenvalue weighted by molar-refractivity contribution is 7.89. The molecule has 0 radical (unpaired) electrons. The summed E-state index contributed by atoms with van der Waals surface area (Å²) >= 11 is 1.33. The zero-order valence-electron chi connectivity index (χ0n) is 16.5. The van der Waals surface area contributed by atoms with E-state index >= 15 is 0 Å². The molecular weight excluding hydrogens is 420 g/mol. The Kier molecular flexibility index (Phi) is 5.94. The van der Waals surface area contributed by atoms with Crippen LogP contribution in [0.4, 0.5) is 0 Å². The fraction of sp³-hybridized carbons (Fsp3) is 0.286. The topological polar surface area (TPSA) is 92.3 Å². The summed E-state index contributed by atoms with van der Waals surface area (Å²) in [5.41, 5.74) is 2.38. The maximum Gasteiger partial charge on any atom is 0.263 e. The largest absolute Gasteiger partial charge is 0.347 e. The first kappa shape index (κ1) is 20.6. The zero-order chi connectivity index (χ0) is 21.1. The molecule has 9 heteroatoms. The van der Waals surface area contributed by atoms with Crippen LogP contribution in [0.2, 0.25) is 0 Å². The van der Waals surface area contributed by atoms with Crippen LogP contribution < -0.4 is 5.32 Å². The van der Waals surface area contributed by atoms with Gasteiger partial charge in [0.15, 0.2) is 0 Å². The Hall–Kier alpha value is -2.62. The maximum atomic E-state index is 12.6. The number of carbonyl (C=O) groups excluding carboxylic acids is 1. The second kappa shape index (κ2) is 8.63. The summed E-state index contributed by atoms with van der Waals surface area (Å²) in [5, 5.41) is 3.64. The van der Waals surface area contributed by atoms with Gasteiger partial charge in [-0.25, -0.2) is 13.4 Å². The molecule has 2 aromatic heterocycles. The molecule has 1 aliphatic rings. The second-order valence-electron chi connectivity index (χ2n) is 7.11. The minimum Gasteiger partial charge on any atom is -0.347 e. The molecule has 4 rings (SSSR count). The van der Waals surface area contributed by atoms with Crippen LogP contribution in [0.1, 0.15) is 33.8 Å². The van der Waals surface area contributed by atoms with Gasteiger partial charge in [0.25, 0.3) is 5.91 Å². The van der Waals surface area contributed by atoms with Crippen molar-refractivity contribution in [3.63, 3.8) is 0 Å². The Morgan fingerprint density at radius 1 is 1.17 bits per heavy atom. The lowest BCUT2D eigenvalue weighted by Crippen LogP contribution is -2.27.